The molecule has 3 rings (SSSR count). The van der Waals surface area contributed by atoms with Crippen LogP contribution in [-0.4, -0.2) is 31.6 Å². The summed E-state index contributed by atoms with van der Waals surface area (Å²) in [4.78, 5) is 13.6. The third-order valence-electron chi connectivity index (χ3n) is 4.45. The van der Waals surface area contributed by atoms with Gasteiger partial charge in [0.05, 0.1) is 0 Å². The van der Waals surface area contributed by atoms with Gasteiger partial charge in [0.15, 0.2) is 0 Å². The molecule has 0 radical (unpaired) electrons. The van der Waals surface area contributed by atoms with Gasteiger partial charge in [0.2, 0.25) is 5.91 Å². The Kier molecular flexibility index (Phi) is 4.88. The molecule has 1 atom stereocenters. The van der Waals surface area contributed by atoms with E-state index in [1.54, 1.807) is 0 Å². The highest BCUT2D eigenvalue weighted by Crippen LogP contribution is 2.21. The first-order valence-electron chi connectivity index (χ1n) is 8.16. The molecule has 2 fully saturated rings. The first kappa shape index (κ1) is 14.5. The Labute approximate surface area is 126 Å². The van der Waals surface area contributed by atoms with Crippen molar-refractivity contribution in [2.45, 2.75) is 44.7 Å². The Morgan fingerprint density at radius 3 is 2.71 bits per heavy atom. The minimum absolute atomic E-state index is 0.254. The van der Waals surface area contributed by atoms with Gasteiger partial charge in [-0.1, -0.05) is 18.6 Å². The molecule has 1 amide bonds. The van der Waals surface area contributed by atoms with E-state index in [4.69, 9.17) is 0 Å². The van der Waals surface area contributed by atoms with Gasteiger partial charge in [-0.3, -0.25) is 4.79 Å². The topological polar surface area (TPSA) is 44.4 Å². The molecule has 2 aliphatic heterocycles. The van der Waals surface area contributed by atoms with E-state index in [2.05, 4.69) is 34.9 Å². The molecule has 0 saturated carbocycles. The highest BCUT2D eigenvalue weighted by atomic mass is 16.2. The van der Waals surface area contributed by atoms with Crippen LogP contribution in [0.15, 0.2) is 24.3 Å². The monoisotopic (exact) mass is 287 g/mol. The first-order valence-corrected chi connectivity index (χ1v) is 8.16. The van der Waals surface area contributed by atoms with Crippen molar-refractivity contribution in [1.29, 1.82) is 0 Å². The average Bonchev–Trinajstić information content (AvgIpc) is 2.95. The number of carbonyl (C=O) groups excluding carboxylic acids is 1. The molecular formula is C17H25N3O. The van der Waals surface area contributed by atoms with Crippen molar-refractivity contribution < 1.29 is 4.79 Å². The second-order valence-electron chi connectivity index (χ2n) is 6.09. The third-order valence-corrected chi connectivity index (χ3v) is 4.45. The molecule has 2 N–H and O–H groups in total. The zero-order chi connectivity index (χ0) is 14.5. The maximum absolute atomic E-state index is 11.7. The molecule has 1 aromatic carbocycles. The van der Waals surface area contributed by atoms with Gasteiger partial charge in [-0.25, -0.2) is 0 Å². The van der Waals surface area contributed by atoms with Gasteiger partial charge in [-0.2, -0.15) is 0 Å². The van der Waals surface area contributed by atoms with Crippen LogP contribution in [0, 0.1) is 0 Å². The maximum Gasteiger partial charge on any atom is 0.227 e. The fourth-order valence-corrected chi connectivity index (χ4v) is 3.20. The normalized spacial score (nSPS) is 22.8. The predicted octanol–water partition coefficient (Wildman–Crippen LogP) is 2.05. The number of carbonyl (C=O) groups is 1. The molecule has 1 unspecified atom stereocenters. The molecule has 114 valence electrons. The Morgan fingerprint density at radius 1 is 1.19 bits per heavy atom. The van der Waals surface area contributed by atoms with Crippen LogP contribution < -0.4 is 15.5 Å². The summed E-state index contributed by atoms with van der Waals surface area (Å²) >= 11 is 0. The van der Waals surface area contributed by atoms with Gasteiger partial charge < -0.3 is 15.5 Å². The number of hydrogen-bond donors (Lipinski definition) is 2. The molecule has 4 heteroatoms. The number of amides is 1. The number of hydrogen-bond acceptors (Lipinski definition) is 3. The summed E-state index contributed by atoms with van der Waals surface area (Å²) in [6.07, 6.45) is 5.61. The fourth-order valence-electron chi connectivity index (χ4n) is 3.20. The maximum atomic E-state index is 11.7. The number of anilines is 1. The van der Waals surface area contributed by atoms with Crippen molar-refractivity contribution in [3.63, 3.8) is 0 Å². The van der Waals surface area contributed by atoms with Gasteiger partial charge in [-0.05, 0) is 43.5 Å². The van der Waals surface area contributed by atoms with Crippen molar-refractivity contribution in [2.75, 3.05) is 24.5 Å². The van der Waals surface area contributed by atoms with Gasteiger partial charge >= 0.3 is 0 Å². The SMILES string of the molecule is O=C1CCCN1c1ccc(CNCC2CCCCN2)cc1. The van der Waals surface area contributed by atoms with E-state index in [-0.39, 0.29) is 5.91 Å². The molecule has 0 aliphatic carbocycles. The van der Waals surface area contributed by atoms with E-state index >= 15 is 0 Å². The second-order valence-corrected chi connectivity index (χ2v) is 6.09. The van der Waals surface area contributed by atoms with Crippen LogP contribution in [0.5, 0.6) is 0 Å². The van der Waals surface area contributed by atoms with Crippen molar-refractivity contribution in [3.8, 4) is 0 Å². The number of benzene rings is 1. The minimum Gasteiger partial charge on any atom is -0.313 e. The van der Waals surface area contributed by atoms with E-state index < -0.39 is 0 Å². The highest BCUT2D eigenvalue weighted by Gasteiger charge is 2.21. The molecule has 0 aromatic heterocycles. The molecule has 2 saturated heterocycles. The standard InChI is InChI=1S/C17H25N3O/c21-17-5-3-11-20(17)16-8-6-14(7-9-16)12-18-13-15-4-1-2-10-19-15/h6-9,15,18-19H,1-5,10-13H2. The zero-order valence-electron chi connectivity index (χ0n) is 12.6. The van der Waals surface area contributed by atoms with Gasteiger partial charge in [0.1, 0.15) is 0 Å². The summed E-state index contributed by atoms with van der Waals surface area (Å²) in [5.74, 6) is 0.254. The smallest absolute Gasteiger partial charge is 0.227 e. The van der Waals surface area contributed by atoms with E-state index in [0.717, 1.165) is 38.3 Å². The Balaban J connectivity index is 1.46. The number of rotatable bonds is 5. The molecule has 2 aliphatic rings. The van der Waals surface area contributed by atoms with Crippen LogP contribution in [0.25, 0.3) is 0 Å². The molecule has 2 heterocycles. The molecule has 21 heavy (non-hydrogen) atoms. The predicted molar refractivity (Wildman–Crippen MR) is 85.4 cm³/mol. The summed E-state index contributed by atoms with van der Waals surface area (Å²) < 4.78 is 0. The summed E-state index contributed by atoms with van der Waals surface area (Å²) in [6, 6.07) is 9.02. The number of nitrogens with one attached hydrogen (secondary N) is 2. The fraction of sp³-hybridized carbons (Fsp3) is 0.588. The lowest BCUT2D eigenvalue weighted by molar-refractivity contribution is -0.117. The largest absolute Gasteiger partial charge is 0.313 e. The minimum atomic E-state index is 0.254. The first-order chi connectivity index (χ1) is 10.3. The van der Waals surface area contributed by atoms with Gasteiger partial charge in [0, 0.05) is 37.8 Å². The van der Waals surface area contributed by atoms with E-state index in [1.807, 2.05) is 4.90 Å². The lowest BCUT2D eigenvalue weighted by Gasteiger charge is -2.23. The van der Waals surface area contributed by atoms with Crippen LogP contribution in [0.2, 0.25) is 0 Å². The Bertz CT molecular complexity index is 465. The molecule has 1 aromatic rings. The number of piperidine rings is 1. The summed E-state index contributed by atoms with van der Waals surface area (Å²) in [5, 5.41) is 7.08. The quantitative estimate of drug-likeness (QED) is 0.871. The van der Waals surface area contributed by atoms with E-state index in [1.165, 1.54) is 24.8 Å². The van der Waals surface area contributed by atoms with Crippen LogP contribution in [0.1, 0.15) is 37.7 Å². The van der Waals surface area contributed by atoms with Crippen molar-refractivity contribution in [3.05, 3.63) is 29.8 Å². The summed E-state index contributed by atoms with van der Waals surface area (Å²) in [7, 11) is 0. The van der Waals surface area contributed by atoms with Crippen LogP contribution in [-0.2, 0) is 11.3 Å². The third kappa shape index (κ3) is 3.83. The lowest BCUT2D eigenvalue weighted by atomic mass is 10.1. The average molecular weight is 287 g/mol. The van der Waals surface area contributed by atoms with Crippen LogP contribution in [0.3, 0.4) is 0 Å². The molecule has 0 spiro atoms. The van der Waals surface area contributed by atoms with Crippen molar-refractivity contribution >= 4 is 11.6 Å². The summed E-state index contributed by atoms with van der Waals surface area (Å²) in [6.45, 7) is 3.95. The molecule has 4 nitrogen and oxygen atoms in total. The lowest BCUT2D eigenvalue weighted by Crippen LogP contribution is -2.41. The van der Waals surface area contributed by atoms with Crippen molar-refractivity contribution in [2.24, 2.45) is 0 Å². The summed E-state index contributed by atoms with van der Waals surface area (Å²) in [5.41, 5.74) is 2.32. The second kappa shape index (κ2) is 7.05. The number of nitrogens with zero attached hydrogens (tertiary/aromatic N) is 1. The van der Waals surface area contributed by atoms with E-state index in [9.17, 15) is 4.79 Å². The van der Waals surface area contributed by atoms with Gasteiger partial charge in [0.25, 0.3) is 0 Å². The van der Waals surface area contributed by atoms with E-state index in [0.29, 0.717) is 12.5 Å². The zero-order valence-corrected chi connectivity index (χ0v) is 12.6. The molecular weight excluding hydrogens is 262 g/mol. The Hall–Kier alpha value is -1.39. The Morgan fingerprint density at radius 2 is 2.05 bits per heavy atom. The van der Waals surface area contributed by atoms with Crippen molar-refractivity contribution in [1.82, 2.24) is 10.6 Å². The highest BCUT2D eigenvalue weighted by molar-refractivity contribution is 5.95. The van der Waals surface area contributed by atoms with Crippen LogP contribution in [0.4, 0.5) is 5.69 Å². The molecule has 0 bridgehead atoms. The van der Waals surface area contributed by atoms with Gasteiger partial charge in [-0.15, -0.1) is 0 Å². The van der Waals surface area contributed by atoms with Crippen LogP contribution >= 0.6 is 0 Å².